The average molecular weight is 321 g/mol. The van der Waals surface area contributed by atoms with Gasteiger partial charge in [-0.15, -0.1) is 5.92 Å². The summed E-state index contributed by atoms with van der Waals surface area (Å²) in [5.41, 5.74) is 0. The molecule has 0 saturated heterocycles. The third-order valence-electron chi connectivity index (χ3n) is 2.46. The maximum Gasteiger partial charge on any atom is 2.00 e. The van der Waals surface area contributed by atoms with Crippen LogP contribution in [0.5, 0.6) is 0 Å². The van der Waals surface area contributed by atoms with E-state index in [0.29, 0.717) is 6.04 Å². The van der Waals surface area contributed by atoms with Gasteiger partial charge in [0.1, 0.15) is 6.61 Å². The van der Waals surface area contributed by atoms with Crippen LogP contribution < -0.4 is 18.9 Å². The zero-order valence-corrected chi connectivity index (χ0v) is 13.6. The van der Waals surface area contributed by atoms with Gasteiger partial charge in [0.05, 0.1) is 6.04 Å². The Hall–Kier alpha value is 0.937. The van der Waals surface area contributed by atoms with Gasteiger partial charge in [-0.3, -0.25) is 0 Å². The van der Waals surface area contributed by atoms with E-state index in [4.69, 9.17) is 4.74 Å². The predicted molar refractivity (Wildman–Crippen MR) is 76.4 cm³/mol. The molecule has 3 aliphatic rings. The normalized spacial score (nSPS) is 24.9. The molecule has 0 spiro atoms. The molecule has 0 bridgehead atoms. The fourth-order valence-electron chi connectivity index (χ4n) is 1.62. The minimum atomic E-state index is 0. The number of nitrogens with zero attached hydrogens (tertiary/aromatic N) is 1. The monoisotopic (exact) mass is 321 g/mol. The third kappa shape index (κ3) is 7.28. The quantitative estimate of drug-likeness (QED) is 0.514. The maximum atomic E-state index is 5.47. The van der Waals surface area contributed by atoms with E-state index in [1.165, 1.54) is 0 Å². The number of ether oxygens (including phenoxy) is 1. The summed E-state index contributed by atoms with van der Waals surface area (Å²) in [7, 11) is 0. The SMILES string of the molecule is CSC[C@H]1COC([C]2[C-][CH][CH][CH]2)=N1.[CH]1[CH][CH][CH][CH]1.[Fe+2].[Li+]. The van der Waals surface area contributed by atoms with E-state index in [1.807, 2.05) is 51.4 Å². The summed E-state index contributed by atoms with van der Waals surface area (Å²) in [6.45, 7) is 0.717. The fraction of sp³-hybridized carbons (Fsp3) is 0.267. The first-order valence-corrected chi connectivity index (χ1v) is 7.29. The second-order valence-corrected chi connectivity index (χ2v) is 4.81. The van der Waals surface area contributed by atoms with Gasteiger partial charge in [0.15, 0.2) is 5.90 Å². The van der Waals surface area contributed by atoms with Crippen molar-refractivity contribution in [2.45, 2.75) is 6.04 Å². The van der Waals surface area contributed by atoms with Crippen LogP contribution in [0, 0.1) is 63.7 Å². The van der Waals surface area contributed by atoms with Crippen molar-refractivity contribution in [3.63, 3.8) is 0 Å². The number of aliphatic imine (C=N–C) groups is 1. The molecule has 100 valence electrons. The van der Waals surface area contributed by atoms with Crippen LogP contribution in [0.3, 0.4) is 0 Å². The Bertz CT molecular complexity index is 261. The minimum Gasteiger partial charge on any atom is -0.481 e. The van der Waals surface area contributed by atoms with Crippen molar-refractivity contribution >= 4 is 17.7 Å². The average Bonchev–Trinajstić information content (AvgIpc) is 3.14. The Kier molecular flexibility index (Phi) is 13.1. The van der Waals surface area contributed by atoms with Crippen LogP contribution >= 0.6 is 11.8 Å². The maximum absolute atomic E-state index is 5.47. The summed E-state index contributed by atoms with van der Waals surface area (Å²) in [6, 6.07) is 0.327. The van der Waals surface area contributed by atoms with Gasteiger partial charge in [0.2, 0.25) is 0 Å². The van der Waals surface area contributed by atoms with Crippen molar-refractivity contribution in [2.75, 3.05) is 18.6 Å². The van der Waals surface area contributed by atoms with Gasteiger partial charge < -0.3 is 11.2 Å². The first-order chi connectivity index (χ1) is 8.90. The van der Waals surface area contributed by atoms with E-state index >= 15 is 0 Å². The molecular formula is C15H16FeLiNOS+2. The van der Waals surface area contributed by atoms with Gasteiger partial charge >= 0.3 is 35.9 Å². The molecule has 0 aromatic rings. The molecule has 2 fully saturated rings. The van der Waals surface area contributed by atoms with Gasteiger partial charge in [-0.25, -0.2) is 11.4 Å². The number of hydrogen-bond acceptors (Lipinski definition) is 3. The molecule has 1 aliphatic heterocycles. The first kappa shape index (κ1) is 20.9. The third-order valence-corrected chi connectivity index (χ3v) is 3.17. The predicted octanol–water partition coefficient (Wildman–Crippen LogP) is -0.548. The molecule has 3 rings (SSSR count). The molecule has 1 atom stereocenters. The van der Waals surface area contributed by atoms with Gasteiger partial charge in [0.25, 0.3) is 0 Å². The molecule has 2 saturated carbocycles. The molecule has 2 nitrogen and oxygen atoms in total. The molecule has 5 heteroatoms. The molecule has 20 heavy (non-hydrogen) atoms. The Labute approximate surface area is 151 Å². The van der Waals surface area contributed by atoms with Crippen molar-refractivity contribution in [1.29, 1.82) is 0 Å². The minimum absolute atomic E-state index is 0. The summed E-state index contributed by atoms with van der Waals surface area (Å²) in [6.07, 6.45) is 21.0. The molecule has 10 radical (unpaired) electrons. The van der Waals surface area contributed by atoms with Crippen LogP contribution in [0.1, 0.15) is 0 Å². The Balaban J connectivity index is 0.000000443. The van der Waals surface area contributed by atoms with Crippen molar-refractivity contribution in [3.8, 4) is 0 Å². The number of rotatable bonds is 3. The zero-order valence-electron chi connectivity index (χ0n) is 11.7. The Morgan fingerprint density at radius 1 is 1.25 bits per heavy atom. The summed E-state index contributed by atoms with van der Waals surface area (Å²) in [5.74, 6) is 2.76. The molecule has 0 aromatic heterocycles. The molecular weight excluding hydrogens is 305 g/mol. The van der Waals surface area contributed by atoms with Crippen LogP contribution in [0.2, 0.25) is 0 Å². The van der Waals surface area contributed by atoms with Gasteiger partial charge in [-0.1, -0.05) is 12.8 Å². The van der Waals surface area contributed by atoms with E-state index in [2.05, 4.69) is 17.7 Å². The molecule has 2 aliphatic carbocycles. The number of thioether (sulfide) groups is 1. The van der Waals surface area contributed by atoms with Crippen molar-refractivity contribution in [3.05, 3.63) is 63.7 Å². The molecule has 0 N–H and O–H groups in total. The summed E-state index contributed by atoms with van der Waals surface area (Å²) >= 11 is 1.80. The Morgan fingerprint density at radius 2 is 1.90 bits per heavy atom. The molecule has 1 heterocycles. The van der Waals surface area contributed by atoms with Crippen molar-refractivity contribution < 1.29 is 40.7 Å². The molecule has 0 amide bonds. The Morgan fingerprint density at radius 3 is 2.40 bits per heavy atom. The van der Waals surface area contributed by atoms with Crippen molar-refractivity contribution in [2.24, 2.45) is 4.99 Å². The van der Waals surface area contributed by atoms with E-state index in [0.717, 1.165) is 24.2 Å². The fourth-order valence-corrected chi connectivity index (χ4v) is 2.18. The summed E-state index contributed by atoms with van der Waals surface area (Å²) in [5, 5.41) is 0. The second kappa shape index (κ2) is 12.5. The first-order valence-electron chi connectivity index (χ1n) is 5.90. The van der Waals surface area contributed by atoms with Crippen LogP contribution in [-0.2, 0) is 21.8 Å². The van der Waals surface area contributed by atoms with Crippen LogP contribution in [0.15, 0.2) is 4.99 Å². The van der Waals surface area contributed by atoms with Crippen LogP contribution in [-0.4, -0.2) is 30.6 Å². The van der Waals surface area contributed by atoms with Crippen LogP contribution in [0.4, 0.5) is 0 Å². The largest absolute Gasteiger partial charge is 2.00 e. The van der Waals surface area contributed by atoms with E-state index in [9.17, 15) is 0 Å². The topological polar surface area (TPSA) is 21.6 Å². The number of hydrogen-bond donors (Lipinski definition) is 0. The summed E-state index contributed by atoms with van der Waals surface area (Å²) < 4.78 is 5.47. The summed E-state index contributed by atoms with van der Waals surface area (Å²) in [4.78, 5) is 4.46. The van der Waals surface area contributed by atoms with Gasteiger partial charge in [0, 0.05) is 5.75 Å². The zero-order chi connectivity index (χ0) is 12.6. The molecule has 0 unspecified atom stereocenters. The van der Waals surface area contributed by atoms with E-state index in [-0.39, 0.29) is 35.9 Å². The second-order valence-electron chi connectivity index (χ2n) is 3.90. The van der Waals surface area contributed by atoms with E-state index < -0.39 is 0 Å². The molecule has 0 aromatic carbocycles. The van der Waals surface area contributed by atoms with Crippen molar-refractivity contribution in [1.82, 2.24) is 0 Å². The smallest absolute Gasteiger partial charge is 0.481 e. The van der Waals surface area contributed by atoms with Gasteiger partial charge in [-0.05, 0) is 38.4 Å². The standard InChI is InChI=1S/C10H11NOS.C5H5.Fe.Li/c1-13-7-9-6-12-10(11-9)8-4-2-3-5-8;1-2-4-5-3-1;;/h2-4,9H,6-7H2,1H3;1-5H;;/q-1;;+2;+1/t9-;;;/m1.../s1. The van der Waals surface area contributed by atoms with E-state index in [1.54, 1.807) is 11.8 Å². The van der Waals surface area contributed by atoms with Crippen LogP contribution in [0.25, 0.3) is 0 Å². The van der Waals surface area contributed by atoms with Gasteiger partial charge in [-0.2, -0.15) is 11.8 Å².